The summed E-state index contributed by atoms with van der Waals surface area (Å²) in [6.07, 6.45) is 2.06. The highest BCUT2D eigenvalue weighted by molar-refractivity contribution is 4.70. The lowest BCUT2D eigenvalue weighted by Crippen LogP contribution is -2.28. The highest BCUT2D eigenvalue weighted by Gasteiger charge is 2.19. The minimum atomic E-state index is -0.00166. The number of methoxy groups -OCH3 is 1. The van der Waals surface area contributed by atoms with Crippen molar-refractivity contribution in [2.24, 2.45) is 0 Å². The maximum atomic E-state index is 5.79. The molecule has 4 heteroatoms. The van der Waals surface area contributed by atoms with Gasteiger partial charge in [0, 0.05) is 7.11 Å². The molecule has 0 aliphatic carbocycles. The largest absolute Gasteiger partial charge is 0.382 e. The number of rotatable bonds is 12. The molecule has 0 N–H and O–H groups in total. The Morgan fingerprint density at radius 1 is 0.765 bits per heavy atom. The Balaban J connectivity index is 3.23. The standard InChI is InChI=1S/C13H28O4/c1-5-13(3,6-2)17-12-11-16-10-9-15-8-7-14-4/h5-12H2,1-4H3. The Bertz CT molecular complexity index is 157. The Morgan fingerprint density at radius 2 is 1.24 bits per heavy atom. The minimum Gasteiger partial charge on any atom is -0.382 e. The van der Waals surface area contributed by atoms with Gasteiger partial charge in [0.2, 0.25) is 0 Å². The molecular formula is C13H28O4. The van der Waals surface area contributed by atoms with Gasteiger partial charge in [0.15, 0.2) is 0 Å². The third kappa shape index (κ3) is 9.53. The third-order valence-electron chi connectivity index (χ3n) is 2.98. The van der Waals surface area contributed by atoms with E-state index in [4.69, 9.17) is 18.9 Å². The first kappa shape index (κ1) is 16.8. The average molecular weight is 248 g/mol. The van der Waals surface area contributed by atoms with Gasteiger partial charge >= 0.3 is 0 Å². The van der Waals surface area contributed by atoms with Gasteiger partial charge in [0.25, 0.3) is 0 Å². The zero-order valence-corrected chi connectivity index (χ0v) is 11.8. The fourth-order valence-corrected chi connectivity index (χ4v) is 1.27. The van der Waals surface area contributed by atoms with Gasteiger partial charge in [0.1, 0.15) is 0 Å². The monoisotopic (exact) mass is 248 g/mol. The first-order valence-electron chi connectivity index (χ1n) is 6.47. The summed E-state index contributed by atoms with van der Waals surface area (Å²) in [5, 5.41) is 0. The summed E-state index contributed by atoms with van der Waals surface area (Å²) in [4.78, 5) is 0. The Morgan fingerprint density at radius 3 is 1.71 bits per heavy atom. The van der Waals surface area contributed by atoms with Gasteiger partial charge in [-0.05, 0) is 19.8 Å². The molecule has 0 heterocycles. The quantitative estimate of drug-likeness (QED) is 0.496. The molecule has 0 aromatic heterocycles. The van der Waals surface area contributed by atoms with Crippen LogP contribution in [0, 0.1) is 0 Å². The van der Waals surface area contributed by atoms with Crippen LogP contribution in [0.1, 0.15) is 33.6 Å². The second-order valence-electron chi connectivity index (χ2n) is 4.22. The van der Waals surface area contributed by atoms with E-state index in [9.17, 15) is 0 Å². The lowest BCUT2D eigenvalue weighted by Gasteiger charge is -2.27. The molecule has 4 nitrogen and oxygen atoms in total. The Labute approximate surface area is 106 Å². The van der Waals surface area contributed by atoms with Crippen LogP contribution < -0.4 is 0 Å². The molecule has 0 aliphatic heterocycles. The molecule has 0 saturated carbocycles. The smallest absolute Gasteiger partial charge is 0.0707 e. The summed E-state index contributed by atoms with van der Waals surface area (Å²) in [6, 6.07) is 0. The van der Waals surface area contributed by atoms with Crippen molar-refractivity contribution >= 4 is 0 Å². The van der Waals surface area contributed by atoms with Crippen molar-refractivity contribution in [3.8, 4) is 0 Å². The topological polar surface area (TPSA) is 36.9 Å². The van der Waals surface area contributed by atoms with Crippen LogP contribution in [-0.4, -0.2) is 52.4 Å². The van der Waals surface area contributed by atoms with E-state index in [2.05, 4.69) is 20.8 Å². The summed E-state index contributed by atoms with van der Waals surface area (Å²) >= 11 is 0. The average Bonchev–Trinajstić information content (AvgIpc) is 2.36. The second-order valence-corrected chi connectivity index (χ2v) is 4.22. The summed E-state index contributed by atoms with van der Waals surface area (Å²) in [5.41, 5.74) is -0.00166. The highest BCUT2D eigenvalue weighted by atomic mass is 16.6. The van der Waals surface area contributed by atoms with Crippen LogP contribution in [0.5, 0.6) is 0 Å². The van der Waals surface area contributed by atoms with Crippen molar-refractivity contribution in [3.05, 3.63) is 0 Å². The maximum absolute atomic E-state index is 5.79. The zero-order chi connectivity index (χ0) is 13.0. The molecule has 0 aromatic carbocycles. The van der Waals surface area contributed by atoms with Gasteiger partial charge in [-0.2, -0.15) is 0 Å². The molecule has 0 rings (SSSR count). The van der Waals surface area contributed by atoms with Gasteiger partial charge in [-0.3, -0.25) is 0 Å². The molecule has 0 amide bonds. The first-order chi connectivity index (χ1) is 8.18. The van der Waals surface area contributed by atoms with E-state index in [-0.39, 0.29) is 5.60 Å². The van der Waals surface area contributed by atoms with Gasteiger partial charge in [-0.25, -0.2) is 0 Å². The predicted octanol–water partition coefficient (Wildman–Crippen LogP) is 2.26. The SMILES string of the molecule is CCC(C)(CC)OCCOCCOCCOC. The summed E-state index contributed by atoms with van der Waals surface area (Å²) in [6.45, 7) is 10.2. The molecule has 0 atom stereocenters. The Hall–Kier alpha value is -0.160. The normalized spacial score (nSPS) is 12.0. The van der Waals surface area contributed by atoms with Gasteiger partial charge in [0.05, 0.1) is 45.2 Å². The van der Waals surface area contributed by atoms with Crippen LogP contribution in [0.15, 0.2) is 0 Å². The van der Waals surface area contributed by atoms with E-state index < -0.39 is 0 Å². The van der Waals surface area contributed by atoms with Crippen molar-refractivity contribution < 1.29 is 18.9 Å². The van der Waals surface area contributed by atoms with Gasteiger partial charge in [-0.15, -0.1) is 0 Å². The van der Waals surface area contributed by atoms with Crippen LogP contribution in [-0.2, 0) is 18.9 Å². The van der Waals surface area contributed by atoms with Crippen molar-refractivity contribution in [3.63, 3.8) is 0 Å². The summed E-state index contributed by atoms with van der Waals surface area (Å²) in [5.74, 6) is 0. The highest BCUT2D eigenvalue weighted by Crippen LogP contribution is 2.18. The molecule has 0 saturated heterocycles. The Kier molecular flexibility index (Phi) is 10.9. The van der Waals surface area contributed by atoms with Crippen LogP contribution >= 0.6 is 0 Å². The maximum Gasteiger partial charge on any atom is 0.0707 e. The van der Waals surface area contributed by atoms with E-state index in [1.165, 1.54) is 0 Å². The minimum absolute atomic E-state index is 0.00166. The van der Waals surface area contributed by atoms with Crippen molar-refractivity contribution in [2.75, 3.05) is 46.8 Å². The third-order valence-corrected chi connectivity index (χ3v) is 2.98. The fourth-order valence-electron chi connectivity index (χ4n) is 1.27. The molecular weight excluding hydrogens is 220 g/mol. The molecule has 0 aliphatic rings. The number of hydrogen-bond acceptors (Lipinski definition) is 4. The zero-order valence-electron chi connectivity index (χ0n) is 11.8. The molecule has 0 radical (unpaired) electrons. The van der Waals surface area contributed by atoms with Crippen LogP contribution in [0.2, 0.25) is 0 Å². The lowest BCUT2D eigenvalue weighted by molar-refractivity contribution is -0.0663. The van der Waals surface area contributed by atoms with Crippen molar-refractivity contribution in [1.82, 2.24) is 0 Å². The van der Waals surface area contributed by atoms with Crippen molar-refractivity contribution in [2.45, 2.75) is 39.2 Å². The molecule has 0 spiro atoms. The summed E-state index contributed by atoms with van der Waals surface area (Å²) < 4.78 is 21.3. The van der Waals surface area contributed by atoms with Gasteiger partial charge in [-0.1, -0.05) is 13.8 Å². The molecule has 0 unspecified atom stereocenters. The molecule has 104 valence electrons. The molecule has 0 aromatic rings. The molecule has 17 heavy (non-hydrogen) atoms. The van der Waals surface area contributed by atoms with E-state index in [1.807, 2.05) is 0 Å². The lowest BCUT2D eigenvalue weighted by atomic mass is 10.0. The first-order valence-corrected chi connectivity index (χ1v) is 6.47. The number of ether oxygens (including phenoxy) is 4. The van der Waals surface area contributed by atoms with E-state index in [0.717, 1.165) is 12.8 Å². The number of hydrogen-bond donors (Lipinski definition) is 0. The van der Waals surface area contributed by atoms with Gasteiger partial charge < -0.3 is 18.9 Å². The van der Waals surface area contributed by atoms with Crippen LogP contribution in [0.3, 0.4) is 0 Å². The molecule has 0 fully saturated rings. The van der Waals surface area contributed by atoms with E-state index in [0.29, 0.717) is 39.6 Å². The van der Waals surface area contributed by atoms with Crippen molar-refractivity contribution in [1.29, 1.82) is 0 Å². The second kappa shape index (κ2) is 11.0. The fraction of sp³-hybridized carbons (Fsp3) is 1.00. The van der Waals surface area contributed by atoms with Crippen LogP contribution in [0.25, 0.3) is 0 Å². The van der Waals surface area contributed by atoms with Crippen LogP contribution in [0.4, 0.5) is 0 Å². The van der Waals surface area contributed by atoms with E-state index >= 15 is 0 Å². The predicted molar refractivity (Wildman–Crippen MR) is 68.5 cm³/mol. The van der Waals surface area contributed by atoms with E-state index in [1.54, 1.807) is 7.11 Å². The molecule has 0 bridgehead atoms. The summed E-state index contributed by atoms with van der Waals surface area (Å²) in [7, 11) is 1.66.